The van der Waals surface area contributed by atoms with E-state index in [0.717, 1.165) is 16.7 Å². The van der Waals surface area contributed by atoms with Gasteiger partial charge in [0.15, 0.2) is 5.79 Å². The van der Waals surface area contributed by atoms with Crippen LogP contribution in [-0.2, 0) is 56.9 Å². The first-order valence-electron chi connectivity index (χ1n) is 8.56. The van der Waals surface area contributed by atoms with Gasteiger partial charge in [-0.05, 0) is 5.56 Å². The van der Waals surface area contributed by atoms with Crippen molar-refractivity contribution in [2.75, 3.05) is 49.8 Å². The number of methoxy groups -OCH3 is 7. The smallest absolute Gasteiger partial charge is 0.261 e. The molecule has 0 bridgehead atoms. The molecule has 3 aliphatic rings. The number of rotatable bonds is 7. The normalized spacial score (nSPS) is 24.9. The number of carbonyl (C=O) groups is 1. The van der Waals surface area contributed by atoms with Crippen molar-refractivity contribution in [1.29, 1.82) is 0 Å². The summed E-state index contributed by atoms with van der Waals surface area (Å²) in [6, 6.07) is 0. The molecule has 0 spiro atoms. The Bertz CT molecular complexity index is 818. The number of benzene rings is 1. The fourth-order valence-corrected chi connectivity index (χ4v) is 4.99. The molecule has 0 fully saturated rings. The van der Waals surface area contributed by atoms with Crippen LogP contribution < -0.4 is 0 Å². The zero-order valence-corrected chi connectivity index (χ0v) is 16.6. The van der Waals surface area contributed by atoms with Crippen molar-refractivity contribution in [3.63, 3.8) is 0 Å². The largest absolute Gasteiger partial charge is 0.371 e. The van der Waals surface area contributed by atoms with Gasteiger partial charge in [-0.25, -0.2) is 0 Å². The molecular formula is C19H24O8. The van der Waals surface area contributed by atoms with Gasteiger partial charge < -0.3 is 33.2 Å². The Balaban J connectivity index is 2.08. The van der Waals surface area contributed by atoms with Crippen LogP contribution in [0.4, 0.5) is 0 Å². The van der Waals surface area contributed by atoms with Crippen molar-refractivity contribution in [2.45, 2.75) is 29.9 Å². The highest BCUT2D eigenvalue weighted by Crippen LogP contribution is 2.66. The highest BCUT2D eigenvalue weighted by molar-refractivity contribution is 6.14. The van der Waals surface area contributed by atoms with Gasteiger partial charge in [0.05, 0.1) is 0 Å². The second kappa shape index (κ2) is 5.81. The lowest BCUT2D eigenvalue weighted by Gasteiger charge is -2.58. The fraction of sp³-hybridized carbons (Fsp3) is 0.632. The average Bonchev–Trinajstić information content (AvgIpc) is 2.68. The Kier molecular flexibility index (Phi) is 4.07. The van der Waals surface area contributed by atoms with Crippen LogP contribution >= 0.6 is 0 Å². The van der Waals surface area contributed by atoms with E-state index < -0.39 is 23.5 Å². The van der Waals surface area contributed by atoms with Gasteiger partial charge in [0.25, 0.3) is 5.79 Å². The van der Waals surface area contributed by atoms with Crippen molar-refractivity contribution < 1.29 is 38.0 Å². The minimum atomic E-state index is -1.42. The van der Waals surface area contributed by atoms with Crippen LogP contribution in [0.15, 0.2) is 0 Å². The third-order valence-corrected chi connectivity index (χ3v) is 6.32. The molecule has 1 aromatic carbocycles. The molecule has 0 radical (unpaired) electrons. The number of fused-ring (bicyclic) bond motifs is 6. The Hall–Kier alpha value is -1.39. The predicted octanol–water partition coefficient (Wildman–Crippen LogP) is 1.48. The lowest BCUT2D eigenvalue weighted by molar-refractivity contribution is -0.306. The molecule has 0 aromatic heterocycles. The standard InChI is InChI=1S/C19H24O8/c1-21-16-11-10-12(18(24-4,25-5)15(10)20)9-8-17(22-2,23-3)13(9)14(11)19(16,26-6)27-7/h16H,8H2,1-7H3. The lowest BCUT2D eigenvalue weighted by Crippen LogP contribution is -2.61. The molecule has 8 nitrogen and oxygen atoms in total. The summed E-state index contributed by atoms with van der Waals surface area (Å²) in [4.78, 5) is 13.0. The molecule has 0 saturated heterocycles. The highest BCUT2D eigenvalue weighted by Gasteiger charge is 2.70. The molecule has 1 aromatic rings. The van der Waals surface area contributed by atoms with Crippen LogP contribution in [0, 0.1) is 0 Å². The maximum atomic E-state index is 13.0. The van der Waals surface area contributed by atoms with Crippen molar-refractivity contribution in [1.82, 2.24) is 0 Å². The van der Waals surface area contributed by atoms with Crippen LogP contribution in [0.2, 0.25) is 0 Å². The van der Waals surface area contributed by atoms with Crippen molar-refractivity contribution in [3.8, 4) is 0 Å². The van der Waals surface area contributed by atoms with Crippen molar-refractivity contribution in [3.05, 3.63) is 33.4 Å². The average molecular weight is 380 g/mol. The zero-order valence-electron chi connectivity index (χ0n) is 16.6. The van der Waals surface area contributed by atoms with Gasteiger partial charge in [-0.3, -0.25) is 4.79 Å². The van der Waals surface area contributed by atoms with E-state index in [0.29, 0.717) is 23.1 Å². The van der Waals surface area contributed by atoms with E-state index >= 15 is 0 Å². The molecule has 0 amide bonds. The minimum absolute atomic E-state index is 0.239. The number of ether oxygens (including phenoxy) is 7. The summed E-state index contributed by atoms with van der Waals surface area (Å²) in [7, 11) is 10.7. The second-order valence-corrected chi connectivity index (χ2v) is 6.78. The number of ketones is 1. The SMILES string of the molecule is COC1c2c3c(c4c(c2C1(OC)OC)C(OC)(OC)C4)C(OC)(OC)C3=O. The van der Waals surface area contributed by atoms with Crippen LogP contribution in [0.3, 0.4) is 0 Å². The molecule has 4 rings (SSSR count). The highest BCUT2D eigenvalue weighted by atomic mass is 16.7. The van der Waals surface area contributed by atoms with E-state index in [2.05, 4.69) is 0 Å². The molecule has 1 atom stereocenters. The summed E-state index contributed by atoms with van der Waals surface area (Å²) in [5.41, 5.74) is 4.36. The van der Waals surface area contributed by atoms with Crippen LogP contribution in [0.5, 0.6) is 0 Å². The van der Waals surface area contributed by atoms with E-state index in [1.54, 1.807) is 35.5 Å². The summed E-state index contributed by atoms with van der Waals surface area (Å²) >= 11 is 0. The maximum Gasteiger partial charge on any atom is 0.261 e. The van der Waals surface area contributed by atoms with Gasteiger partial charge in [-0.2, -0.15) is 0 Å². The summed E-state index contributed by atoms with van der Waals surface area (Å²) < 4.78 is 39.5. The molecule has 0 aliphatic heterocycles. The third kappa shape index (κ3) is 1.72. The third-order valence-electron chi connectivity index (χ3n) is 6.32. The summed E-state index contributed by atoms with van der Waals surface area (Å²) in [6.07, 6.45) is -0.127. The van der Waals surface area contributed by atoms with E-state index in [1.807, 2.05) is 0 Å². The summed E-state index contributed by atoms with van der Waals surface area (Å²) in [5, 5.41) is 0. The lowest BCUT2D eigenvalue weighted by atomic mass is 9.57. The molecule has 3 aliphatic carbocycles. The van der Waals surface area contributed by atoms with Crippen LogP contribution in [0.25, 0.3) is 0 Å². The van der Waals surface area contributed by atoms with Crippen LogP contribution in [0.1, 0.15) is 44.3 Å². The van der Waals surface area contributed by atoms with E-state index in [4.69, 9.17) is 33.2 Å². The zero-order chi connectivity index (χ0) is 19.8. The van der Waals surface area contributed by atoms with E-state index in [9.17, 15) is 4.79 Å². The first kappa shape index (κ1) is 18.9. The predicted molar refractivity (Wildman–Crippen MR) is 91.3 cm³/mol. The van der Waals surface area contributed by atoms with E-state index in [1.165, 1.54) is 14.2 Å². The van der Waals surface area contributed by atoms with Gasteiger partial charge in [0, 0.05) is 84.0 Å². The first-order valence-corrected chi connectivity index (χ1v) is 8.56. The summed E-state index contributed by atoms with van der Waals surface area (Å²) in [6.45, 7) is 0. The van der Waals surface area contributed by atoms with Gasteiger partial charge in [0.1, 0.15) is 6.10 Å². The number of Topliss-reactive ketones (excluding diaryl/α,β-unsaturated/α-hetero) is 1. The number of hydrogen-bond donors (Lipinski definition) is 0. The number of hydrogen-bond acceptors (Lipinski definition) is 8. The fourth-order valence-electron chi connectivity index (χ4n) is 4.99. The maximum absolute atomic E-state index is 13.0. The van der Waals surface area contributed by atoms with Crippen molar-refractivity contribution in [2.24, 2.45) is 0 Å². The van der Waals surface area contributed by atoms with Gasteiger partial charge in [0.2, 0.25) is 11.6 Å². The number of carbonyl (C=O) groups excluding carboxylic acids is 1. The van der Waals surface area contributed by atoms with Crippen molar-refractivity contribution >= 4 is 5.78 Å². The first-order chi connectivity index (χ1) is 12.9. The van der Waals surface area contributed by atoms with Gasteiger partial charge in [-0.1, -0.05) is 0 Å². The molecule has 0 heterocycles. The summed E-state index contributed by atoms with van der Waals surface area (Å²) in [5.74, 6) is -3.76. The van der Waals surface area contributed by atoms with Crippen LogP contribution in [-0.4, -0.2) is 55.6 Å². The Labute approximate surface area is 157 Å². The topological polar surface area (TPSA) is 81.7 Å². The monoisotopic (exact) mass is 380 g/mol. The molecule has 8 heteroatoms. The molecule has 0 saturated carbocycles. The van der Waals surface area contributed by atoms with Gasteiger partial charge in [-0.15, -0.1) is 0 Å². The second-order valence-electron chi connectivity index (χ2n) is 6.78. The molecule has 1 unspecified atom stereocenters. The molecule has 148 valence electrons. The Morgan fingerprint density at radius 3 is 1.81 bits per heavy atom. The molecule has 0 N–H and O–H groups in total. The van der Waals surface area contributed by atoms with E-state index in [-0.39, 0.29) is 5.78 Å². The Morgan fingerprint density at radius 2 is 1.37 bits per heavy atom. The van der Waals surface area contributed by atoms with Gasteiger partial charge >= 0.3 is 0 Å². The Morgan fingerprint density at radius 1 is 0.778 bits per heavy atom. The quantitative estimate of drug-likeness (QED) is 0.658. The minimum Gasteiger partial charge on any atom is -0.371 e. The molecule has 27 heavy (non-hydrogen) atoms. The molecular weight excluding hydrogens is 356 g/mol.